The van der Waals surface area contributed by atoms with Crippen LogP contribution >= 0.6 is 0 Å². The number of nitrogens with one attached hydrogen (secondary N) is 1. The maximum absolute atomic E-state index is 11.8. The van der Waals surface area contributed by atoms with E-state index in [-0.39, 0.29) is 11.9 Å². The van der Waals surface area contributed by atoms with Crippen LogP contribution in [0.3, 0.4) is 0 Å². The summed E-state index contributed by atoms with van der Waals surface area (Å²) in [4.78, 5) is 11.8. The average Bonchev–Trinajstić information content (AvgIpc) is 2.90. The van der Waals surface area contributed by atoms with Crippen LogP contribution in [0.15, 0.2) is 48.8 Å². The number of nitrogens with two attached hydrogens (primary N) is 1. The molecule has 1 atom stereocenters. The number of nitrogens with zero attached hydrogens (tertiary/aromatic N) is 1. The van der Waals surface area contributed by atoms with Gasteiger partial charge in [-0.1, -0.05) is 0 Å². The third-order valence-electron chi connectivity index (χ3n) is 2.62. The fourth-order valence-corrected chi connectivity index (χ4v) is 1.65. The maximum Gasteiger partial charge on any atom is 0.251 e. The lowest BCUT2D eigenvalue weighted by molar-refractivity contribution is 0.0951. The van der Waals surface area contributed by atoms with E-state index < -0.39 is 0 Å². The summed E-state index contributed by atoms with van der Waals surface area (Å²) in [5, 5.41) is 2.78. The van der Waals surface area contributed by atoms with Gasteiger partial charge in [-0.25, -0.2) is 0 Å². The molecule has 94 valence electrons. The van der Waals surface area contributed by atoms with Gasteiger partial charge in [0, 0.05) is 36.2 Å². The highest BCUT2D eigenvalue weighted by Gasteiger charge is 2.05. The van der Waals surface area contributed by atoms with E-state index >= 15 is 0 Å². The molecule has 0 saturated heterocycles. The van der Waals surface area contributed by atoms with Crippen molar-refractivity contribution in [3.05, 3.63) is 54.4 Å². The van der Waals surface area contributed by atoms with E-state index in [1.807, 2.05) is 60.3 Å². The van der Waals surface area contributed by atoms with Gasteiger partial charge in [0.2, 0.25) is 0 Å². The van der Waals surface area contributed by atoms with E-state index in [0.29, 0.717) is 12.1 Å². The summed E-state index contributed by atoms with van der Waals surface area (Å²) in [5.41, 5.74) is 7.27. The second-order valence-corrected chi connectivity index (χ2v) is 4.32. The SMILES string of the molecule is CC(N)CNC(=O)c1ccc(-n2cccc2)cc1. The van der Waals surface area contributed by atoms with E-state index in [2.05, 4.69) is 5.32 Å². The first kappa shape index (κ1) is 12.4. The number of rotatable bonds is 4. The molecule has 1 aromatic carbocycles. The Bertz CT molecular complexity index is 500. The molecule has 0 fully saturated rings. The van der Waals surface area contributed by atoms with Gasteiger partial charge in [0.15, 0.2) is 0 Å². The number of carbonyl (C=O) groups is 1. The highest BCUT2D eigenvalue weighted by molar-refractivity contribution is 5.94. The minimum Gasteiger partial charge on any atom is -0.350 e. The minimum absolute atomic E-state index is 0.0342. The molecule has 2 rings (SSSR count). The standard InChI is InChI=1S/C14H17N3O/c1-11(15)10-16-14(18)12-4-6-13(7-5-12)17-8-2-3-9-17/h2-9,11H,10,15H2,1H3,(H,16,18). The average molecular weight is 243 g/mol. The maximum atomic E-state index is 11.8. The molecule has 3 N–H and O–H groups in total. The van der Waals surface area contributed by atoms with Gasteiger partial charge in [0.1, 0.15) is 0 Å². The van der Waals surface area contributed by atoms with Crippen molar-refractivity contribution in [1.82, 2.24) is 9.88 Å². The lowest BCUT2D eigenvalue weighted by atomic mass is 10.2. The van der Waals surface area contributed by atoms with Crippen molar-refractivity contribution >= 4 is 5.91 Å². The van der Waals surface area contributed by atoms with E-state index in [0.717, 1.165) is 5.69 Å². The second kappa shape index (κ2) is 5.51. The molecule has 1 amide bonds. The third-order valence-corrected chi connectivity index (χ3v) is 2.62. The largest absolute Gasteiger partial charge is 0.350 e. The number of hydrogen-bond donors (Lipinski definition) is 2. The number of aromatic nitrogens is 1. The van der Waals surface area contributed by atoms with Gasteiger partial charge in [-0.05, 0) is 43.3 Å². The van der Waals surface area contributed by atoms with Gasteiger partial charge in [-0.3, -0.25) is 4.79 Å². The summed E-state index contributed by atoms with van der Waals surface area (Å²) >= 11 is 0. The van der Waals surface area contributed by atoms with Crippen molar-refractivity contribution in [3.8, 4) is 5.69 Å². The fourth-order valence-electron chi connectivity index (χ4n) is 1.65. The van der Waals surface area contributed by atoms with E-state index in [1.165, 1.54) is 0 Å². The lowest BCUT2D eigenvalue weighted by Gasteiger charge is -2.08. The van der Waals surface area contributed by atoms with Crippen LogP contribution in [0.4, 0.5) is 0 Å². The number of hydrogen-bond acceptors (Lipinski definition) is 2. The summed E-state index contributed by atoms with van der Waals surface area (Å²) in [6, 6.07) is 11.3. The Morgan fingerprint density at radius 3 is 2.44 bits per heavy atom. The first-order valence-corrected chi connectivity index (χ1v) is 5.94. The third kappa shape index (κ3) is 2.99. The zero-order valence-corrected chi connectivity index (χ0v) is 10.3. The number of amides is 1. The van der Waals surface area contributed by atoms with Crippen LogP contribution in [0.25, 0.3) is 5.69 Å². The quantitative estimate of drug-likeness (QED) is 0.856. The summed E-state index contributed by atoms with van der Waals surface area (Å²) in [5.74, 6) is -0.0913. The van der Waals surface area contributed by atoms with Gasteiger partial charge >= 0.3 is 0 Å². The molecule has 2 aromatic rings. The van der Waals surface area contributed by atoms with Crippen molar-refractivity contribution in [2.24, 2.45) is 5.73 Å². The van der Waals surface area contributed by atoms with Crippen molar-refractivity contribution in [1.29, 1.82) is 0 Å². The smallest absolute Gasteiger partial charge is 0.251 e. The zero-order valence-electron chi connectivity index (χ0n) is 10.3. The molecule has 18 heavy (non-hydrogen) atoms. The molecular formula is C14H17N3O. The summed E-state index contributed by atoms with van der Waals surface area (Å²) in [7, 11) is 0. The molecule has 1 heterocycles. The molecule has 0 aliphatic carbocycles. The van der Waals surface area contributed by atoms with Crippen molar-refractivity contribution < 1.29 is 4.79 Å². The van der Waals surface area contributed by atoms with Gasteiger partial charge in [-0.2, -0.15) is 0 Å². The minimum atomic E-state index is -0.0913. The Morgan fingerprint density at radius 1 is 1.28 bits per heavy atom. The molecule has 0 spiro atoms. The fraction of sp³-hybridized carbons (Fsp3) is 0.214. The summed E-state index contributed by atoms with van der Waals surface area (Å²) < 4.78 is 1.99. The monoisotopic (exact) mass is 243 g/mol. The molecule has 1 unspecified atom stereocenters. The Morgan fingerprint density at radius 2 is 1.89 bits per heavy atom. The van der Waals surface area contributed by atoms with Crippen LogP contribution in [0, 0.1) is 0 Å². The van der Waals surface area contributed by atoms with Crippen LogP contribution in [-0.2, 0) is 0 Å². The Kier molecular flexibility index (Phi) is 3.79. The highest BCUT2D eigenvalue weighted by Crippen LogP contribution is 2.09. The number of benzene rings is 1. The molecular weight excluding hydrogens is 226 g/mol. The van der Waals surface area contributed by atoms with Gasteiger partial charge in [0.25, 0.3) is 5.91 Å². The normalized spacial score (nSPS) is 12.1. The van der Waals surface area contributed by atoms with Gasteiger partial charge < -0.3 is 15.6 Å². The van der Waals surface area contributed by atoms with Crippen molar-refractivity contribution in [2.75, 3.05) is 6.54 Å². The molecule has 1 aromatic heterocycles. The van der Waals surface area contributed by atoms with Gasteiger partial charge in [0.05, 0.1) is 0 Å². The van der Waals surface area contributed by atoms with Crippen LogP contribution in [0.5, 0.6) is 0 Å². The van der Waals surface area contributed by atoms with Crippen LogP contribution in [0.1, 0.15) is 17.3 Å². The van der Waals surface area contributed by atoms with E-state index in [1.54, 1.807) is 0 Å². The molecule has 0 aliphatic heterocycles. The topological polar surface area (TPSA) is 60.0 Å². The molecule has 0 aliphatic rings. The van der Waals surface area contributed by atoms with E-state index in [4.69, 9.17) is 5.73 Å². The Balaban J connectivity index is 2.06. The van der Waals surface area contributed by atoms with Crippen molar-refractivity contribution in [2.45, 2.75) is 13.0 Å². The molecule has 0 saturated carbocycles. The van der Waals surface area contributed by atoms with Crippen LogP contribution in [0.2, 0.25) is 0 Å². The van der Waals surface area contributed by atoms with Crippen LogP contribution in [-0.4, -0.2) is 23.1 Å². The van der Waals surface area contributed by atoms with Crippen LogP contribution < -0.4 is 11.1 Å². The molecule has 4 heteroatoms. The second-order valence-electron chi connectivity index (χ2n) is 4.32. The summed E-state index contributed by atoms with van der Waals surface area (Å²) in [6.07, 6.45) is 3.93. The Labute approximate surface area is 106 Å². The highest BCUT2D eigenvalue weighted by atomic mass is 16.1. The lowest BCUT2D eigenvalue weighted by Crippen LogP contribution is -2.35. The molecule has 0 bridgehead atoms. The molecule has 4 nitrogen and oxygen atoms in total. The molecule has 0 radical (unpaired) electrons. The van der Waals surface area contributed by atoms with Gasteiger partial charge in [-0.15, -0.1) is 0 Å². The summed E-state index contributed by atoms with van der Waals surface area (Å²) in [6.45, 7) is 2.34. The predicted molar refractivity (Wildman–Crippen MR) is 71.8 cm³/mol. The Hall–Kier alpha value is -2.07. The predicted octanol–water partition coefficient (Wildman–Crippen LogP) is 1.55. The zero-order chi connectivity index (χ0) is 13.0. The first-order chi connectivity index (χ1) is 8.66. The number of carbonyl (C=O) groups excluding carboxylic acids is 1. The first-order valence-electron chi connectivity index (χ1n) is 5.94. The van der Waals surface area contributed by atoms with E-state index in [9.17, 15) is 4.79 Å². The van der Waals surface area contributed by atoms with Crippen molar-refractivity contribution in [3.63, 3.8) is 0 Å².